The summed E-state index contributed by atoms with van der Waals surface area (Å²) in [6.07, 6.45) is 12.2. The summed E-state index contributed by atoms with van der Waals surface area (Å²) < 4.78 is 0. The van der Waals surface area contributed by atoms with Gasteiger partial charge in [0.05, 0.1) is 0 Å². The Morgan fingerprint density at radius 1 is 0.852 bits per heavy atom. The Bertz CT molecular complexity index is 1020. The summed E-state index contributed by atoms with van der Waals surface area (Å²) in [6, 6.07) is 20.4. The standard InChI is InChI=1S/C27H28/c1-19-13-25-16-21(15-20-7-3-2-4-8-20)17-27(25)26(14-19)24-12-11-22-9-5-6-10-23(22)18-24/h5-6,9-14,17-18,20H,2-4,7-8,15-16H2,1H3. The highest BCUT2D eigenvalue weighted by atomic mass is 14.3. The predicted molar refractivity (Wildman–Crippen MR) is 117 cm³/mol. The quantitative estimate of drug-likeness (QED) is 0.452. The first-order chi connectivity index (χ1) is 13.3. The van der Waals surface area contributed by atoms with Crippen molar-refractivity contribution in [2.75, 3.05) is 0 Å². The predicted octanol–water partition coefficient (Wildman–Crippen LogP) is 7.73. The molecule has 0 aliphatic heterocycles. The number of fused-ring (bicyclic) bond motifs is 2. The van der Waals surface area contributed by atoms with Gasteiger partial charge in [0.15, 0.2) is 0 Å². The average Bonchev–Trinajstić information content (AvgIpc) is 3.09. The molecule has 0 unspecified atom stereocenters. The number of allylic oxidation sites excluding steroid dienone is 1. The topological polar surface area (TPSA) is 0 Å². The molecule has 0 aromatic heterocycles. The van der Waals surface area contributed by atoms with Crippen molar-refractivity contribution in [3.8, 4) is 11.1 Å². The number of hydrogen-bond donors (Lipinski definition) is 0. The Kier molecular flexibility index (Phi) is 4.36. The monoisotopic (exact) mass is 352 g/mol. The highest BCUT2D eigenvalue weighted by molar-refractivity contribution is 5.90. The van der Waals surface area contributed by atoms with Crippen molar-refractivity contribution in [1.29, 1.82) is 0 Å². The maximum absolute atomic E-state index is 2.52. The molecular formula is C27H28. The summed E-state index contributed by atoms with van der Waals surface area (Å²) in [6.45, 7) is 2.24. The Morgan fingerprint density at radius 3 is 2.52 bits per heavy atom. The van der Waals surface area contributed by atoms with Crippen LogP contribution in [0, 0.1) is 12.8 Å². The van der Waals surface area contributed by atoms with E-state index in [1.807, 2.05) is 0 Å². The summed E-state index contributed by atoms with van der Waals surface area (Å²) in [5.74, 6) is 0.921. The number of benzene rings is 3. The first-order valence-electron chi connectivity index (χ1n) is 10.6. The maximum atomic E-state index is 2.52. The Morgan fingerprint density at radius 2 is 1.67 bits per heavy atom. The first-order valence-corrected chi connectivity index (χ1v) is 10.6. The van der Waals surface area contributed by atoms with Crippen LogP contribution in [0.1, 0.15) is 55.2 Å². The van der Waals surface area contributed by atoms with Crippen molar-refractivity contribution in [3.63, 3.8) is 0 Å². The third-order valence-electron chi connectivity index (χ3n) is 6.51. The number of aryl methyl sites for hydroxylation is 1. The third-order valence-corrected chi connectivity index (χ3v) is 6.51. The van der Waals surface area contributed by atoms with E-state index in [1.165, 1.54) is 77.1 Å². The first kappa shape index (κ1) is 16.8. The molecule has 0 heteroatoms. The zero-order chi connectivity index (χ0) is 18.2. The van der Waals surface area contributed by atoms with E-state index in [4.69, 9.17) is 0 Å². The van der Waals surface area contributed by atoms with Gasteiger partial charge in [-0.1, -0.05) is 97.8 Å². The average molecular weight is 353 g/mol. The summed E-state index contributed by atoms with van der Waals surface area (Å²) in [4.78, 5) is 0. The lowest BCUT2D eigenvalue weighted by Crippen LogP contribution is -2.07. The molecule has 2 aliphatic rings. The van der Waals surface area contributed by atoms with E-state index in [0.29, 0.717) is 0 Å². The molecule has 0 N–H and O–H groups in total. The lowest BCUT2D eigenvalue weighted by Gasteiger charge is -2.21. The highest BCUT2D eigenvalue weighted by Crippen LogP contribution is 2.39. The molecule has 1 fully saturated rings. The number of hydrogen-bond acceptors (Lipinski definition) is 0. The van der Waals surface area contributed by atoms with Crippen LogP contribution in [-0.4, -0.2) is 0 Å². The second-order valence-corrected chi connectivity index (χ2v) is 8.63. The fourth-order valence-corrected chi connectivity index (χ4v) is 5.18. The molecule has 0 spiro atoms. The summed E-state index contributed by atoms with van der Waals surface area (Å²) in [5.41, 5.74) is 8.80. The molecule has 5 rings (SSSR count). The van der Waals surface area contributed by atoms with Crippen molar-refractivity contribution in [1.82, 2.24) is 0 Å². The minimum Gasteiger partial charge on any atom is -0.0649 e. The van der Waals surface area contributed by atoms with Crippen molar-refractivity contribution in [2.45, 2.75) is 51.9 Å². The van der Waals surface area contributed by atoms with E-state index in [-0.39, 0.29) is 0 Å². The third kappa shape index (κ3) is 3.34. The van der Waals surface area contributed by atoms with Gasteiger partial charge in [-0.25, -0.2) is 0 Å². The molecule has 0 atom stereocenters. The highest BCUT2D eigenvalue weighted by Gasteiger charge is 2.21. The van der Waals surface area contributed by atoms with Gasteiger partial charge in [0.25, 0.3) is 0 Å². The zero-order valence-electron chi connectivity index (χ0n) is 16.3. The Hall–Kier alpha value is -2.34. The molecule has 0 saturated heterocycles. The van der Waals surface area contributed by atoms with Crippen LogP contribution in [0.2, 0.25) is 0 Å². The van der Waals surface area contributed by atoms with Crippen LogP contribution >= 0.6 is 0 Å². The Labute approximate surface area is 162 Å². The van der Waals surface area contributed by atoms with Crippen LogP contribution < -0.4 is 0 Å². The molecule has 1 saturated carbocycles. The van der Waals surface area contributed by atoms with Gasteiger partial charge in [-0.15, -0.1) is 0 Å². The van der Waals surface area contributed by atoms with Gasteiger partial charge in [-0.2, -0.15) is 0 Å². The van der Waals surface area contributed by atoms with Gasteiger partial charge in [0.1, 0.15) is 0 Å². The zero-order valence-corrected chi connectivity index (χ0v) is 16.3. The molecule has 2 aliphatic carbocycles. The van der Waals surface area contributed by atoms with Gasteiger partial charge in [0, 0.05) is 0 Å². The summed E-state index contributed by atoms with van der Waals surface area (Å²) in [5, 5.41) is 2.65. The van der Waals surface area contributed by atoms with Gasteiger partial charge in [-0.05, 0) is 64.8 Å². The van der Waals surface area contributed by atoms with Gasteiger partial charge >= 0.3 is 0 Å². The van der Waals surface area contributed by atoms with E-state index < -0.39 is 0 Å². The molecule has 0 nitrogen and oxygen atoms in total. The van der Waals surface area contributed by atoms with Gasteiger partial charge < -0.3 is 0 Å². The van der Waals surface area contributed by atoms with Crippen molar-refractivity contribution < 1.29 is 0 Å². The largest absolute Gasteiger partial charge is 0.0649 e. The maximum Gasteiger partial charge on any atom is -0.00574 e. The normalized spacial score (nSPS) is 17.1. The van der Waals surface area contributed by atoms with E-state index in [0.717, 1.165) is 12.3 Å². The second kappa shape index (κ2) is 7.00. The Balaban J connectivity index is 1.52. The molecule has 0 amide bonds. The lowest BCUT2D eigenvalue weighted by molar-refractivity contribution is 0.355. The van der Waals surface area contributed by atoms with E-state index in [1.54, 1.807) is 5.57 Å². The summed E-state index contributed by atoms with van der Waals surface area (Å²) in [7, 11) is 0. The molecule has 27 heavy (non-hydrogen) atoms. The summed E-state index contributed by atoms with van der Waals surface area (Å²) >= 11 is 0. The van der Waals surface area contributed by atoms with Crippen LogP contribution in [0.25, 0.3) is 28.0 Å². The minimum atomic E-state index is 0.921. The molecule has 136 valence electrons. The smallest absolute Gasteiger partial charge is 0.00574 e. The van der Waals surface area contributed by atoms with E-state index in [2.05, 4.69) is 67.6 Å². The molecule has 0 radical (unpaired) electrons. The van der Waals surface area contributed by atoms with E-state index in [9.17, 15) is 0 Å². The number of rotatable bonds is 3. The van der Waals surface area contributed by atoms with Crippen molar-refractivity contribution >= 4 is 16.8 Å². The molecular weight excluding hydrogens is 324 g/mol. The van der Waals surface area contributed by atoms with Crippen LogP contribution in [-0.2, 0) is 6.42 Å². The van der Waals surface area contributed by atoms with Crippen molar-refractivity contribution in [3.05, 3.63) is 76.9 Å². The van der Waals surface area contributed by atoms with Crippen LogP contribution in [0.15, 0.2) is 60.2 Å². The fraction of sp³-hybridized carbons (Fsp3) is 0.333. The van der Waals surface area contributed by atoms with Gasteiger partial charge in [-0.3, -0.25) is 0 Å². The molecule has 3 aromatic rings. The SMILES string of the molecule is Cc1cc2c(c(-c3ccc4ccccc4c3)c1)C=C(CC1CCCCC1)C2. The van der Waals surface area contributed by atoms with Crippen LogP contribution in [0.5, 0.6) is 0 Å². The molecule has 3 aromatic carbocycles. The fourth-order valence-electron chi connectivity index (χ4n) is 5.18. The molecule has 0 heterocycles. The minimum absolute atomic E-state index is 0.921. The van der Waals surface area contributed by atoms with Gasteiger partial charge in [0.2, 0.25) is 0 Å². The van der Waals surface area contributed by atoms with Crippen LogP contribution in [0.4, 0.5) is 0 Å². The second-order valence-electron chi connectivity index (χ2n) is 8.63. The molecule has 0 bridgehead atoms. The van der Waals surface area contributed by atoms with E-state index >= 15 is 0 Å². The lowest BCUT2D eigenvalue weighted by atomic mass is 9.84. The van der Waals surface area contributed by atoms with Crippen LogP contribution in [0.3, 0.4) is 0 Å². The van der Waals surface area contributed by atoms with Crippen molar-refractivity contribution in [2.24, 2.45) is 5.92 Å².